The van der Waals surface area contributed by atoms with Crippen molar-refractivity contribution in [3.05, 3.63) is 144 Å². The fraction of sp³-hybridized carbons (Fsp3) is 0.295. The van der Waals surface area contributed by atoms with Gasteiger partial charge in [-0.15, -0.1) is 0 Å². The number of ether oxygens (including phenoxy) is 2. The highest BCUT2D eigenvalue weighted by molar-refractivity contribution is 5.79. The first-order valence-electron chi connectivity index (χ1n) is 17.8. The number of hydrogen-bond donors (Lipinski definition) is 0. The molecule has 50 heavy (non-hydrogen) atoms. The lowest BCUT2D eigenvalue weighted by atomic mass is 10.1. The zero-order chi connectivity index (χ0) is 34.5. The Morgan fingerprint density at radius 1 is 0.640 bits per heavy atom. The fourth-order valence-electron chi connectivity index (χ4n) is 6.26. The van der Waals surface area contributed by atoms with Gasteiger partial charge in [-0.3, -0.25) is 0 Å². The first-order chi connectivity index (χ1) is 24.5. The molecule has 0 saturated carbocycles. The zero-order valence-corrected chi connectivity index (χ0v) is 29.3. The molecule has 0 N–H and O–H groups in total. The predicted molar refractivity (Wildman–Crippen MR) is 203 cm³/mol. The van der Waals surface area contributed by atoms with Gasteiger partial charge in [-0.1, -0.05) is 72.8 Å². The number of rotatable bonds is 13. The Bertz CT molecular complexity index is 1970. The van der Waals surface area contributed by atoms with E-state index >= 15 is 0 Å². The van der Waals surface area contributed by atoms with E-state index in [0.717, 1.165) is 63.1 Å². The number of aromatic nitrogens is 2. The molecule has 1 saturated heterocycles. The molecule has 0 amide bonds. The van der Waals surface area contributed by atoms with E-state index in [1.54, 1.807) is 6.92 Å². The molecule has 7 rings (SSSR count). The summed E-state index contributed by atoms with van der Waals surface area (Å²) < 4.78 is 11.7. The molecular formula is C44H47N3O3. The van der Waals surface area contributed by atoms with Gasteiger partial charge in [0.1, 0.15) is 30.5 Å². The fourth-order valence-corrected chi connectivity index (χ4v) is 6.26. The molecule has 6 heteroatoms. The number of carbonyl (C=O) groups excluding carboxylic acids is 1. The van der Waals surface area contributed by atoms with Crippen molar-refractivity contribution in [1.82, 2.24) is 14.9 Å². The van der Waals surface area contributed by atoms with Crippen LogP contribution in [0.4, 0.5) is 0 Å². The SMILES string of the molecule is CC(=O)CCc1ccc(OCc2ccc3ccccc3n2)cc1.CC(CCc1ccc(OCc2ccc3ccccc3n2)cc1)N1CCCC1. The number of fused-ring (bicyclic) bond motifs is 2. The van der Waals surface area contributed by atoms with Crippen LogP contribution in [0.5, 0.6) is 11.5 Å². The van der Waals surface area contributed by atoms with Crippen LogP contribution in [-0.2, 0) is 30.8 Å². The summed E-state index contributed by atoms with van der Waals surface area (Å²) in [6.45, 7) is 7.47. The van der Waals surface area contributed by atoms with Crippen LogP contribution in [0.3, 0.4) is 0 Å². The van der Waals surface area contributed by atoms with E-state index in [1.807, 2.05) is 78.9 Å². The van der Waals surface area contributed by atoms with Crippen LogP contribution >= 0.6 is 0 Å². The third kappa shape index (κ3) is 10.2. The number of para-hydroxylation sites is 2. The smallest absolute Gasteiger partial charge is 0.130 e. The van der Waals surface area contributed by atoms with Crippen molar-refractivity contribution in [2.24, 2.45) is 0 Å². The third-order valence-electron chi connectivity index (χ3n) is 9.31. The number of benzene rings is 4. The van der Waals surface area contributed by atoms with E-state index < -0.39 is 0 Å². The Kier molecular flexibility index (Phi) is 12.2. The van der Waals surface area contributed by atoms with E-state index in [9.17, 15) is 4.79 Å². The van der Waals surface area contributed by atoms with Crippen molar-refractivity contribution in [2.75, 3.05) is 13.1 Å². The molecule has 0 radical (unpaired) electrons. The molecule has 1 atom stereocenters. The lowest BCUT2D eigenvalue weighted by molar-refractivity contribution is -0.116. The second-order valence-electron chi connectivity index (χ2n) is 13.2. The molecule has 1 unspecified atom stereocenters. The highest BCUT2D eigenvalue weighted by Gasteiger charge is 2.17. The molecule has 0 aliphatic carbocycles. The molecule has 6 aromatic rings. The number of pyridine rings is 2. The van der Waals surface area contributed by atoms with Gasteiger partial charge in [0, 0.05) is 23.2 Å². The highest BCUT2D eigenvalue weighted by atomic mass is 16.5. The van der Waals surface area contributed by atoms with Gasteiger partial charge < -0.3 is 19.2 Å². The Labute approximate surface area is 296 Å². The summed E-state index contributed by atoms with van der Waals surface area (Å²) in [5, 5.41) is 2.29. The lowest BCUT2D eigenvalue weighted by Crippen LogP contribution is -2.30. The van der Waals surface area contributed by atoms with E-state index in [4.69, 9.17) is 9.47 Å². The Morgan fingerprint density at radius 2 is 1.12 bits per heavy atom. The average molecular weight is 666 g/mol. The third-order valence-corrected chi connectivity index (χ3v) is 9.31. The number of Topliss-reactive ketones (excluding diaryl/α,β-unsaturated/α-hetero) is 1. The first-order valence-corrected chi connectivity index (χ1v) is 17.8. The van der Waals surface area contributed by atoms with Crippen LogP contribution in [0.1, 0.15) is 62.0 Å². The van der Waals surface area contributed by atoms with Gasteiger partial charge in [0.2, 0.25) is 0 Å². The van der Waals surface area contributed by atoms with Crippen LogP contribution in [0.25, 0.3) is 21.8 Å². The second-order valence-corrected chi connectivity index (χ2v) is 13.2. The average Bonchev–Trinajstić information content (AvgIpc) is 3.71. The Balaban J connectivity index is 0.000000175. The Morgan fingerprint density at radius 3 is 1.62 bits per heavy atom. The van der Waals surface area contributed by atoms with Crippen molar-refractivity contribution in [3.63, 3.8) is 0 Å². The minimum Gasteiger partial charge on any atom is -0.487 e. The van der Waals surface area contributed by atoms with Crippen LogP contribution in [-0.4, -0.2) is 39.8 Å². The lowest BCUT2D eigenvalue weighted by Gasteiger charge is -2.23. The van der Waals surface area contributed by atoms with Crippen molar-refractivity contribution in [2.45, 2.75) is 71.6 Å². The van der Waals surface area contributed by atoms with Gasteiger partial charge in [-0.2, -0.15) is 0 Å². The van der Waals surface area contributed by atoms with Crippen LogP contribution < -0.4 is 9.47 Å². The minimum atomic E-state index is 0.215. The standard InChI is InChI=1S/C24H28N2O.C20H19NO2/c1-19(26-16-4-5-17-26)8-9-20-10-14-23(15-11-20)27-18-22-13-12-21-6-2-3-7-24(21)25-22;1-15(22)6-7-16-8-12-19(13-9-16)23-14-18-11-10-17-4-2-3-5-20(17)21-18/h2-3,6-7,10-15,19H,4-5,8-9,16-18H2,1H3;2-5,8-13H,6-7,14H2,1H3. The zero-order valence-electron chi connectivity index (χ0n) is 29.3. The van der Waals surface area contributed by atoms with Crippen molar-refractivity contribution in [1.29, 1.82) is 0 Å². The molecule has 3 heterocycles. The van der Waals surface area contributed by atoms with Crippen molar-refractivity contribution in [3.8, 4) is 11.5 Å². The molecule has 0 bridgehead atoms. The molecule has 256 valence electrons. The number of ketones is 1. The Hall–Kier alpha value is -5.07. The summed E-state index contributed by atoms with van der Waals surface area (Å²) in [5.41, 5.74) is 6.39. The number of carbonyl (C=O) groups is 1. The second kappa shape index (κ2) is 17.5. The summed E-state index contributed by atoms with van der Waals surface area (Å²) in [7, 11) is 0. The molecule has 4 aromatic carbocycles. The van der Waals surface area contributed by atoms with Gasteiger partial charge in [0.15, 0.2) is 0 Å². The van der Waals surface area contributed by atoms with Gasteiger partial charge in [0.25, 0.3) is 0 Å². The molecule has 1 aliphatic heterocycles. The van der Waals surface area contributed by atoms with Crippen molar-refractivity contribution >= 4 is 27.6 Å². The highest BCUT2D eigenvalue weighted by Crippen LogP contribution is 2.20. The van der Waals surface area contributed by atoms with Gasteiger partial charge >= 0.3 is 0 Å². The molecular weight excluding hydrogens is 619 g/mol. The largest absolute Gasteiger partial charge is 0.487 e. The van der Waals surface area contributed by atoms with Gasteiger partial charge in [-0.25, -0.2) is 9.97 Å². The number of nitrogens with zero attached hydrogens (tertiary/aromatic N) is 3. The topological polar surface area (TPSA) is 64.5 Å². The molecule has 1 aliphatic rings. The van der Waals surface area contributed by atoms with Crippen molar-refractivity contribution < 1.29 is 14.3 Å². The molecule has 0 spiro atoms. The first kappa shape index (κ1) is 34.8. The molecule has 6 nitrogen and oxygen atoms in total. The summed E-state index contributed by atoms with van der Waals surface area (Å²) >= 11 is 0. The summed E-state index contributed by atoms with van der Waals surface area (Å²) in [4.78, 5) is 22.9. The number of hydrogen-bond acceptors (Lipinski definition) is 6. The van der Waals surface area contributed by atoms with Gasteiger partial charge in [-0.05, 0) is 119 Å². The summed E-state index contributed by atoms with van der Waals surface area (Å²) in [5.74, 6) is 1.93. The van der Waals surface area contributed by atoms with E-state index in [2.05, 4.69) is 64.3 Å². The summed E-state index contributed by atoms with van der Waals surface area (Å²) in [6, 6.07) is 41.5. The van der Waals surface area contributed by atoms with Crippen LogP contribution in [0, 0.1) is 0 Å². The number of likely N-dealkylation sites (tertiary alicyclic amines) is 1. The maximum absolute atomic E-state index is 11.0. The number of aryl methyl sites for hydroxylation is 2. The maximum atomic E-state index is 11.0. The van der Waals surface area contributed by atoms with E-state index in [-0.39, 0.29) is 5.78 Å². The monoisotopic (exact) mass is 665 g/mol. The molecule has 2 aromatic heterocycles. The summed E-state index contributed by atoms with van der Waals surface area (Å²) in [6.07, 6.45) is 6.44. The predicted octanol–water partition coefficient (Wildman–Crippen LogP) is 9.57. The molecule has 1 fully saturated rings. The van der Waals surface area contributed by atoms with E-state index in [1.165, 1.54) is 37.9 Å². The van der Waals surface area contributed by atoms with E-state index in [0.29, 0.717) is 25.7 Å². The quantitative estimate of drug-likeness (QED) is 0.122. The maximum Gasteiger partial charge on any atom is 0.130 e. The normalized spacial score (nSPS) is 13.5. The van der Waals surface area contributed by atoms with Crippen LogP contribution in [0.2, 0.25) is 0 Å². The van der Waals surface area contributed by atoms with Gasteiger partial charge in [0.05, 0.1) is 22.4 Å². The van der Waals surface area contributed by atoms with Crippen LogP contribution in [0.15, 0.2) is 121 Å². The minimum absolute atomic E-state index is 0.215.